The van der Waals surface area contributed by atoms with Gasteiger partial charge in [0.05, 0.1) is 6.07 Å². The zero-order chi connectivity index (χ0) is 12.0. The monoisotopic (exact) mass is 243 g/mol. The van der Waals surface area contributed by atoms with Crippen molar-refractivity contribution in [1.29, 1.82) is 5.26 Å². The number of halogens is 1. The summed E-state index contributed by atoms with van der Waals surface area (Å²) in [5.41, 5.74) is 0. The molecule has 0 radical (unpaired) electrons. The molecule has 1 fully saturated rings. The number of carbonyl (C=O) groups is 2. The molecule has 5 nitrogen and oxygen atoms in total. The van der Waals surface area contributed by atoms with Crippen LogP contribution in [0.1, 0.15) is 19.3 Å². The fourth-order valence-corrected chi connectivity index (χ4v) is 1.80. The van der Waals surface area contributed by atoms with Gasteiger partial charge in [-0.1, -0.05) is 0 Å². The second-order valence-corrected chi connectivity index (χ2v) is 3.96. The van der Waals surface area contributed by atoms with E-state index in [2.05, 4.69) is 5.32 Å². The lowest BCUT2D eigenvalue weighted by Gasteiger charge is -2.31. The van der Waals surface area contributed by atoms with Gasteiger partial charge in [0, 0.05) is 19.1 Å². The van der Waals surface area contributed by atoms with Gasteiger partial charge in [-0.3, -0.25) is 9.59 Å². The minimum atomic E-state index is -0.177. The number of amides is 2. The fourth-order valence-electron chi connectivity index (χ4n) is 1.72. The number of carbonyl (C=O) groups excluding carboxylic acids is 2. The summed E-state index contributed by atoms with van der Waals surface area (Å²) in [6.45, 7) is 1.18. The quantitative estimate of drug-likeness (QED) is 0.722. The molecule has 1 aliphatic rings. The number of nitrogens with zero attached hydrogens (tertiary/aromatic N) is 2. The van der Waals surface area contributed by atoms with Gasteiger partial charge in [0.1, 0.15) is 12.3 Å². The molecule has 0 atom stereocenters. The smallest absolute Gasteiger partial charge is 0.236 e. The third-order valence-electron chi connectivity index (χ3n) is 2.56. The molecule has 0 spiro atoms. The molecule has 88 valence electrons. The topological polar surface area (TPSA) is 73.2 Å². The molecule has 6 heteroatoms. The summed E-state index contributed by atoms with van der Waals surface area (Å²) in [5.74, 6) is -0.346. The zero-order valence-corrected chi connectivity index (χ0v) is 9.66. The van der Waals surface area contributed by atoms with E-state index in [0.717, 1.165) is 12.8 Å². The van der Waals surface area contributed by atoms with Crippen LogP contribution in [0.4, 0.5) is 0 Å². The van der Waals surface area contributed by atoms with Crippen LogP contribution < -0.4 is 5.32 Å². The van der Waals surface area contributed by atoms with E-state index in [1.807, 2.05) is 6.07 Å². The van der Waals surface area contributed by atoms with Crippen LogP contribution in [0.2, 0.25) is 0 Å². The molecule has 16 heavy (non-hydrogen) atoms. The van der Waals surface area contributed by atoms with E-state index < -0.39 is 0 Å². The van der Waals surface area contributed by atoms with Crippen molar-refractivity contribution < 1.29 is 9.59 Å². The summed E-state index contributed by atoms with van der Waals surface area (Å²) in [5, 5.41) is 11.2. The molecule has 1 aliphatic heterocycles. The first-order valence-electron chi connectivity index (χ1n) is 5.17. The van der Waals surface area contributed by atoms with Crippen molar-refractivity contribution >= 4 is 23.4 Å². The molecule has 0 aromatic carbocycles. The zero-order valence-electron chi connectivity index (χ0n) is 8.91. The molecule has 1 N–H and O–H groups in total. The van der Waals surface area contributed by atoms with E-state index in [0.29, 0.717) is 13.1 Å². The molecular weight excluding hydrogens is 230 g/mol. The van der Waals surface area contributed by atoms with Crippen molar-refractivity contribution in [1.82, 2.24) is 10.2 Å². The normalized spacial score (nSPS) is 16.6. The van der Waals surface area contributed by atoms with Crippen molar-refractivity contribution in [2.24, 2.45) is 0 Å². The van der Waals surface area contributed by atoms with Gasteiger partial charge < -0.3 is 10.2 Å². The van der Waals surface area contributed by atoms with Crippen molar-refractivity contribution in [2.45, 2.75) is 25.3 Å². The molecule has 0 saturated carbocycles. The summed E-state index contributed by atoms with van der Waals surface area (Å²) < 4.78 is 0. The van der Waals surface area contributed by atoms with Crippen molar-refractivity contribution in [3.63, 3.8) is 0 Å². The Morgan fingerprint density at radius 1 is 1.44 bits per heavy atom. The molecule has 0 aromatic rings. The molecule has 0 aromatic heterocycles. The Bertz CT molecular complexity index is 306. The number of alkyl halides is 1. The van der Waals surface area contributed by atoms with Crippen LogP contribution in [0.3, 0.4) is 0 Å². The minimum Gasteiger partial charge on any atom is -0.352 e. The van der Waals surface area contributed by atoms with Crippen LogP contribution in [0.5, 0.6) is 0 Å². The molecule has 1 heterocycles. The first kappa shape index (κ1) is 12.8. The van der Waals surface area contributed by atoms with E-state index in [9.17, 15) is 9.59 Å². The van der Waals surface area contributed by atoms with Crippen molar-refractivity contribution in [2.75, 3.05) is 19.0 Å². The maximum absolute atomic E-state index is 11.4. The highest BCUT2D eigenvalue weighted by molar-refractivity contribution is 6.27. The first-order valence-corrected chi connectivity index (χ1v) is 5.71. The SMILES string of the molecule is N#CCC(=O)N1CCC(NC(=O)CCl)CC1. The van der Waals surface area contributed by atoms with E-state index in [1.165, 1.54) is 0 Å². The Morgan fingerprint density at radius 2 is 2.06 bits per heavy atom. The lowest BCUT2D eigenvalue weighted by atomic mass is 10.0. The van der Waals surface area contributed by atoms with Crippen LogP contribution in [0.15, 0.2) is 0 Å². The second-order valence-electron chi connectivity index (χ2n) is 3.69. The van der Waals surface area contributed by atoms with Gasteiger partial charge in [-0.25, -0.2) is 0 Å². The van der Waals surface area contributed by atoms with Gasteiger partial charge in [-0.15, -0.1) is 11.6 Å². The summed E-state index contributed by atoms with van der Waals surface area (Å²) in [6, 6.07) is 1.93. The number of rotatable bonds is 3. The van der Waals surface area contributed by atoms with E-state index in [1.54, 1.807) is 4.90 Å². The molecule has 2 amide bonds. The van der Waals surface area contributed by atoms with Crippen LogP contribution in [0, 0.1) is 11.3 Å². The Balaban J connectivity index is 2.31. The molecule has 1 rings (SSSR count). The molecular formula is C10H14ClN3O2. The number of nitrogens with one attached hydrogen (secondary N) is 1. The highest BCUT2D eigenvalue weighted by Gasteiger charge is 2.23. The lowest BCUT2D eigenvalue weighted by Crippen LogP contribution is -2.46. The first-order chi connectivity index (χ1) is 7.67. The van der Waals surface area contributed by atoms with Gasteiger partial charge in [-0.05, 0) is 12.8 Å². The van der Waals surface area contributed by atoms with E-state index >= 15 is 0 Å². The Labute approximate surface area is 99.3 Å². The van der Waals surface area contributed by atoms with Gasteiger partial charge in [0.25, 0.3) is 0 Å². The van der Waals surface area contributed by atoms with Gasteiger partial charge in [0.2, 0.25) is 11.8 Å². The summed E-state index contributed by atoms with van der Waals surface area (Å²) in [4.78, 5) is 24.1. The van der Waals surface area contributed by atoms with Crippen LogP contribution in [-0.4, -0.2) is 41.7 Å². The number of nitriles is 1. The average molecular weight is 244 g/mol. The third-order valence-corrected chi connectivity index (χ3v) is 2.81. The highest BCUT2D eigenvalue weighted by Crippen LogP contribution is 2.11. The van der Waals surface area contributed by atoms with E-state index in [4.69, 9.17) is 16.9 Å². The summed E-state index contributed by atoms with van der Waals surface area (Å²) in [7, 11) is 0. The molecule has 0 bridgehead atoms. The minimum absolute atomic E-state index is 0.0341. The maximum atomic E-state index is 11.4. The molecule has 0 aliphatic carbocycles. The fraction of sp³-hybridized carbons (Fsp3) is 0.700. The number of likely N-dealkylation sites (tertiary alicyclic amines) is 1. The van der Waals surface area contributed by atoms with Gasteiger partial charge >= 0.3 is 0 Å². The highest BCUT2D eigenvalue weighted by atomic mass is 35.5. The Hall–Kier alpha value is -1.28. The predicted molar refractivity (Wildman–Crippen MR) is 58.7 cm³/mol. The van der Waals surface area contributed by atoms with Gasteiger partial charge in [0.15, 0.2) is 0 Å². The van der Waals surface area contributed by atoms with Crippen molar-refractivity contribution in [3.8, 4) is 6.07 Å². The predicted octanol–water partition coefficient (Wildman–Crippen LogP) is 0.246. The number of hydrogen-bond acceptors (Lipinski definition) is 3. The van der Waals surface area contributed by atoms with Crippen LogP contribution in [0.25, 0.3) is 0 Å². The summed E-state index contributed by atoms with van der Waals surface area (Å²) >= 11 is 5.38. The second kappa shape index (κ2) is 6.33. The number of piperidine rings is 1. The number of hydrogen-bond donors (Lipinski definition) is 1. The maximum Gasteiger partial charge on any atom is 0.236 e. The van der Waals surface area contributed by atoms with Crippen molar-refractivity contribution in [3.05, 3.63) is 0 Å². The van der Waals surface area contributed by atoms with E-state index in [-0.39, 0.29) is 30.2 Å². The Kier molecular flexibility index (Phi) is 5.06. The van der Waals surface area contributed by atoms with Gasteiger partial charge in [-0.2, -0.15) is 5.26 Å². The average Bonchev–Trinajstić information content (AvgIpc) is 2.30. The molecule has 0 unspecified atom stereocenters. The lowest BCUT2D eigenvalue weighted by molar-refractivity contribution is -0.131. The standard InChI is InChI=1S/C10H14ClN3O2/c11-7-9(15)13-8-2-5-14(6-3-8)10(16)1-4-12/h8H,1-3,5-7H2,(H,13,15). The van der Waals surface area contributed by atoms with Crippen LogP contribution in [-0.2, 0) is 9.59 Å². The Morgan fingerprint density at radius 3 is 2.56 bits per heavy atom. The largest absolute Gasteiger partial charge is 0.352 e. The summed E-state index contributed by atoms with van der Waals surface area (Å²) in [6.07, 6.45) is 1.37. The third kappa shape index (κ3) is 3.70. The van der Waals surface area contributed by atoms with Crippen LogP contribution >= 0.6 is 11.6 Å². The molecule has 1 saturated heterocycles.